The lowest BCUT2D eigenvalue weighted by Crippen LogP contribution is -2.38. The molecule has 1 aromatic heterocycles. The number of aliphatic carboxylic acids is 1. The molecule has 19 heavy (non-hydrogen) atoms. The number of likely N-dealkylation sites (tertiary alicyclic amines) is 1. The van der Waals surface area contributed by atoms with Crippen molar-refractivity contribution in [1.29, 1.82) is 0 Å². The first-order valence-electron chi connectivity index (χ1n) is 6.57. The zero-order valence-electron chi connectivity index (χ0n) is 11.2. The second-order valence-electron chi connectivity index (χ2n) is 5.16. The molecule has 3 atom stereocenters. The molecule has 2 rings (SSSR count). The highest BCUT2D eigenvalue weighted by Crippen LogP contribution is 2.34. The van der Waals surface area contributed by atoms with Crippen molar-refractivity contribution in [2.24, 2.45) is 11.8 Å². The Kier molecular flexibility index (Phi) is 4.24. The van der Waals surface area contributed by atoms with E-state index in [1.165, 1.54) is 5.56 Å². The number of hydrogen-bond acceptors (Lipinski definition) is 3. The van der Waals surface area contributed by atoms with Crippen molar-refractivity contribution in [3.63, 3.8) is 0 Å². The molecular weight excluding hydrogens is 262 g/mol. The third kappa shape index (κ3) is 2.81. The fraction of sp³-hybridized carbons (Fsp3) is 0.571. The molecule has 5 heteroatoms. The van der Waals surface area contributed by atoms with Gasteiger partial charge in [0.15, 0.2) is 0 Å². The molecule has 1 saturated heterocycles. The van der Waals surface area contributed by atoms with E-state index in [-0.39, 0.29) is 11.9 Å². The number of carboxylic acids is 1. The van der Waals surface area contributed by atoms with Gasteiger partial charge >= 0.3 is 5.97 Å². The van der Waals surface area contributed by atoms with Crippen LogP contribution in [0.5, 0.6) is 0 Å². The molecule has 3 unspecified atom stereocenters. The van der Waals surface area contributed by atoms with E-state index in [0.717, 1.165) is 19.4 Å². The summed E-state index contributed by atoms with van der Waals surface area (Å²) in [5.41, 5.74) is 1.17. The third-order valence-corrected chi connectivity index (χ3v) is 4.69. The molecule has 1 fully saturated rings. The van der Waals surface area contributed by atoms with Crippen LogP contribution in [0, 0.1) is 11.8 Å². The summed E-state index contributed by atoms with van der Waals surface area (Å²) in [6, 6.07) is 2.17. The van der Waals surface area contributed by atoms with Gasteiger partial charge in [-0.1, -0.05) is 13.8 Å². The Balaban J connectivity index is 2.12. The van der Waals surface area contributed by atoms with Gasteiger partial charge in [0.25, 0.3) is 0 Å². The largest absolute Gasteiger partial charge is 0.481 e. The Labute approximate surface area is 117 Å². The number of thiophene rings is 1. The van der Waals surface area contributed by atoms with Crippen LogP contribution in [-0.4, -0.2) is 28.4 Å². The van der Waals surface area contributed by atoms with E-state index >= 15 is 0 Å². The first-order valence-corrected chi connectivity index (χ1v) is 7.52. The lowest BCUT2D eigenvalue weighted by Gasteiger charge is -2.28. The number of carbonyl (C=O) groups excluding carboxylic acids is 1. The SMILES string of the molecule is CC(C(=O)O)C(C)C(=O)N1CCCC1c1ccsc1. The lowest BCUT2D eigenvalue weighted by atomic mass is 9.94. The summed E-state index contributed by atoms with van der Waals surface area (Å²) in [5.74, 6) is -2.07. The summed E-state index contributed by atoms with van der Waals surface area (Å²) >= 11 is 1.63. The highest BCUT2D eigenvalue weighted by atomic mass is 32.1. The van der Waals surface area contributed by atoms with E-state index in [0.29, 0.717) is 0 Å². The molecule has 0 saturated carbocycles. The van der Waals surface area contributed by atoms with Crippen molar-refractivity contribution in [2.45, 2.75) is 32.7 Å². The van der Waals surface area contributed by atoms with Crippen molar-refractivity contribution in [2.75, 3.05) is 6.54 Å². The van der Waals surface area contributed by atoms with E-state index in [9.17, 15) is 9.59 Å². The number of carbonyl (C=O) groups is 2. The summed E-state index contributed by atoms with van der Waals surface area (Å²) in [4.78, 5) is 25.3. The molecule has 0 bridgehead atoms. The molecule has 1 aliphatic heterocycles. The molecule has 0 aliphatic carbocycles. The van der Waals surface area contributed by atoms with E-state index in [2.05, 4.69) is 5.38 Å². The normalized spacial score (nSPS) is 22.2. The molecular formula is C14H19NO3S. The van der Waals surface area contributed by atoms with E-state index in [1.807, 2.05) is 16.3 Å². The molecule has 2 heterocycles. The van der Waals surface area contributed by atoms with Gasteiger partial charge in [-0.05, 0) is 35.2 Å². The Morgan fingerprint density at radius 3 is 2.74 bits per heavy atom. The minimum Gasteiger partial charge on any atom is -0.481 e. The minimum atomic E-state index is -0.910. The summed E-state index contributed by atoms with van der Waals surface area (Å²) in [5, 5.41) is 13.1. The minimum absolute atomic E-state index is 0.0383. The lowest BCUT2D eigenvalue weighted by molar-refractivity contribution is -0.149. The highest BCUT2D eigenvalue weighted by molar-refractivity contribution is 7.07. The number of rotatable bonds is 4. The van der Waals surface area contributed by atoms with Crippen LogP contribution in [-0.2, 0) is 9.59 Å². The average Bonchev–Trinajstić information content (AvgIpc) is 3.05. The molecule has 0 aromatic carbocycles. The maximum atomic E-state index is 12.5. The standard InChI is InChI=1S/C14H19NO3S/c1-9(10(2)14(17)18)13(16)15-6-3-4-12(15)11-5-7-19-8-11/h5,7-10,12H,3-4,6H2,1-2H3,(H,17,18). The van der Waals surface area contributed by atoms with E-state index < -0.39 is 17.8 Å². The maximum absolute atomic E-state index is 12.5. The third-order valence-electron chi connectivity index (χ3n) is 3.99. The van der Waals surface area contributed by atoms with Gasteiger partial charge in [0.05, 0.1) is 12.0 Å². The monoisotopic (exact) mass is 281 g/mol. The van der Waals surface area contributed by atoms with E-state index in [4.69, 9.17) is 5.11 Å². The average molecular weight is 281 g/mol. The van der Waals surface area contributed by atoms with Crippen LogP contribution in [0.1, 0.15) is 38.3 Å². The van der Waals surface area contributed by atoms with Crippen LogP contribution in [0.4, 0.5) is 0 Å². The van der Waals surface area contributed by atoms with Gasteiger partial charge in [0, 0.05) is 12.5 Å². The van der Waals surface area contributed by atoms with Crippen molar-refractivity contribution in [3.05, 3.63) is 22.4 Å². The van der Waals surface area contributed by atoms with Gasteiger partial charge in [-0.2, -0.15) is 11.3 Å². The number of amides is 1. The van der Waals surface area contributed by atoms with Gasteiger partial charge in [0.2, 0.25) is 5.91 Å². The van der Waals surface area contributed by atoms with Crippen LogP contribution < -0.4 is 0 Å². The van der Waals surface area contributed by atoms with Crippen LogP contribution in [0.15, 0.2) is 16.8 Å². The van der Waals surface area contributed by atoms with Crippen LogP contribution >= 0.6 is 11.3 Å². The molecule has 1 aliphatic rings. The summed E-state index contributed by atoms with van der Waals surface area (Å²) in [7, 11) is 0. The molecule has 104 valence electrons. The Morgan fingerprint density at radius 2 is 2.16 bits per heavy atom. The summed E-state index contributed by atoms with van der Waals surface area (Å²) in [6.07, 6.45) is 1.96. The molecule has 0 radical (unpaired) electrons. The van der Waals surface area contributed by atoms with Crippen LogP contribution in [0.3, 0.4) is 0 Å². The molecule has 1 N–H and O–H groups in total. The molecule has 4 nitrogen and oxygen atoms in total. The van der Waals surface area contributed by atoms with Gasteiger partial charge < -0.3 is 10.0 Å². The Bertz CT molecular complexity index is 457. The van der Waals surface area contributed by atoms with Crippen LogP contribution in [0.2, 0.25) is 0 Å². The highest BCUT2D eigenvalue weighted by Gasteiger charge is 2.35. The van der Waals surface area contributed by atoms with Gasteiger partial charge in [-0.3, -0.25) is 9.59 Å². The molecule has 0 spiro atoms. The second-order valence-corrected chi connectivity index (χ2v) is 5.94. The first-order chi connectivity index (χ1) is 9.02. The van der Waals surface area contributed by atoms with Crippen molar-refractivity contribution in [1.82, 2.24) is 4.90 Å². The van der Waals surface area contributed by atoms with E-state index in [1.54, 1.807) is 25.2 Å². The van der Waals surface area contributed by atoms with Crippen molar-refractivity contribution >= 4 is 23.2 Å². The number of hydrogen-bond donors (Lipinski definition) is 1. The van der Waals surface area contributed by atoms with Crippen LogP contribution in [0.25, 0.3) is 0 Å². The smallest absolute Gasteiger partial charge is 0.307 e. The summed E-state index contributed by atoms with van der Waals surface area (Å²) < 4.78 is 0. The number of nitrogens with zero attached hydrogens (tertiary/aromatic N) is 1. The summed E-state index contributed by atoms with van der Waals surface area (Å²) in [6.45, 7) is 4.04. The Morgan fingerprint density at radius 1 is 1.42 bits per heavy atom. The number of carboxylic acid groups (broad SMARTS) is 1. The first kappa shape index (κ1) is 14.1. The Hall–Kier alpha value is -1.36. The second kappa shape index (κ2) is 5.74. The molecule has 1 amide bonds. The quantitative estimate of drug-likeness (QED) is 0.923. The van der Waals surface area contributed by atoms with Gasteiger partial charge in [0.1, 0.15) is 0 Å². The predicted molar refractivity (Wildman–Crippen MR) is 74.0 cm³/mol. The van der Waals surface area contributed by atoms with Gasteiger partial charge in [-0.15, -0.1) is 0 Å². The zero-order chi connectivity index (χ0) is 14.0. The van der Waals surface area contributed by atoms with Gasteiger partial charge in [-0.25, -0.2) is 0 Å². The molecule has 1 aromatic rings. The van der Waals surface area contributed by atoms with Crippen molar-refractivity contribution in [3.8, 4) is 0 Å². The topological polar surface area (TPSA) is 57.6 Å². The maximum Gasteiger partial charge on any atom is 0.307 e. The van der Waals surface area contributed by atoms with Crippen molar-refractivity contribution < 1.29 is 14.7 Å². The predicted octanol–water partition coefficient (Wildman–Crippen LogP) is 2.77. The fourth-order valence-corrected chi connectivity index (χ4v) is 3.24. The zero-order valence-corrected chi connectivity index (χ0v) is 12.0. The fourth-order valence-electron chi connectivity index (χ4n) is 2.53.